The number of halogens is 2. The van der Waals surface area contributed by atoms with E-state index in [1.165, 1.54) is 12.1 Å². The Labute approximate surface area is 153 Å². The zero-order valence-corrected chi connectivity index (χ0v) is 15.2. The maximum Gasteiger partial charge on any atom is 0.124 e. The molecule has 0 aliphatic carbocycles. The Hall–Kier alpha value is -1.62. The molecule has 0 saturated carbocycles. The number of piperidine rings is 1. The van der Waals surface area contributed by atoms with Crippen LogP contribution in [0.3, 0.4) is 0 Å². The molecule has 0 atom stereocenters. The Morgan fingerprint density at radius 2 is 1.88 bits per heavy atom. The lowest BCUT2D eigenvalue weighted by atomic mass is 10.0. The van der Waals surface area contributed by atoms with E-state index < -0.39 is 0 Å². The summed E-state index contributed by atoms with van der Waals surface area (Å²) in [6.07, 6.45) is 2.31. The van der Waals surface area contributed by atoms with Gasteiger partial charge in [-0.1, -0.05) is 23.7 Å². The van der Waals surface area contributed by atoms with E-state index in [4.69, 9.17) is 16.3 Å². The van der Waals surface area contributed by atoms with Gasteiger partial charge in [0.05, 0.1) is 0 Å². The first kappa shape index (κ1) is 18.2. The molecule has 1 aliphatic rings. The minimum atomic E-state index is -0.238. The van der Waals surface area contributed by atoms with Crippen molar-refractivity contribution in [3.05, 3.63) is 64.4 Å². The Morgan fingerprint density at radius 1 is 1.16 bits per heavy atom. The maximum absolute atomic E-state index is 13.0. The van der Waals surface area contributed by atoms with Gasteiger partial charge in [0.15, 0.2) is 0 Å². The van der Waals surface area contributed by atoms with Crippen LogP contribution in [-0.4, -0.2) is 31.1 Å². The highest BCUT2D eigenvalue weighted by Gasteiger charge is 2.16. The van der Waals surface area contributed by atoms with Crippen molar-refractivity contribution in [2.75, 3.05) is 20.1 Å². The largest absolute Gasteiger partial charge is 0.489 e. The van der Waals surface area contributed by atoms with Crippen molar-refractivity contribution in [1.82, 2.24) is 10.2 Å². The third-order valence-electron chi connectivity index (χ3n) is 4.63. The van der Waals surface area contributed by atoms with Gasteiger partial charge in [-0.3, -0.25) is 0 Å². The fourth-order valence-corrected chi connectivity index (χ4v) is 3.23. The molecule has 1 fully saturated rings. The number of hydrogen-bond acceptors (Lipinski definition) is 3. The second kappa shape index (κ2) is 8.65. The van der Waals surface area contributed by atoms with E-state index in [0.29, 0.717) is 17.7 Å². The molecule has 2 aromatic rings. The van der Waals surface area contributed by atoms with E-state index in [0.717, 1.165) is 49.4 Å². The summed E-state index contributed by atoms with van der Waals surface area (Å²) in [5.74, 6) is 0.576. The summed E-state index contributed by atoms with van der Waals surface area (Å²) in [6.45, 7) is 3.39. The van der Waals surface area contributed by atoms with E-state index >= 15 is 0 Å². The van der Waals surface area contributed by atoms with Gasteiger partial charge in [-0.2, -0.15) is 0 Å². The topological polar surface area (TPSA) is 24.5 Å². The van der Waals surface area contributed by atoms with Gasteiger partial charge < -0.3 is 15.0 Å². The normalized spacial score (nSPS) is 16.1. The van der Waals surface area contributed by atoms with Crippen molar-refractivity contribution in [1.29, 1.82) is 0 Å². The molecule has 0 bridgehead atoms. The van der Waals surface area contributed by atoms with Crippen molar-refractivity contribution in [2.24, 2.45) is 0 Å². The summed E-state index contributed by atoms with van der Waals surface area (Å²) in [5.41, 5.74) is 1.99. The molecular weight excluding hydrogens is 339 g/mol. The van der Waals surface area contributed by atoms with Gasteiger partial charge in [0.25, 0.3) is 0 Å². The fourth-order valence-electron chi connectivity index (χ4n) is 3.04. The molecule has 0 radical (unpaired) electrons. The molecule has 3 nitrogen and oxygen atoms in total. The minimum Gasteiger partial charge on any atom is -0.489 e. The third-order valence-corrected chi connectivity index (χ3v) is 4.86. The predicted molar refractivity (Wildman–Crippen MR) is 99.5 cm³/mol. The molecule has 2 aromatic carbocycles. The van der Waals surface area contributed by atoms with Crippen molar-refractivity contribution in [2.45, 2.75) is 32.0 Å². The molecule has 0 unspecified atom stereocenters. The van der Waals surface area contributed by atoms with Crippen LogP contribution in [0.2, 0.25) is 5.02 Å². The van der Waals surface area contributed by atoms with Crippen LogP contribution in [0.1, 0.15) is 24.0 Å². The first-order valence-electron chi connectivity index (χ1n) is 8.68. The number of nitrogens with one attached hydrogen (secondary N) is 1. The van der Waals surface area contributed by atoms with Crippen LogP contribution in [0.5, 0.6) is 5.75 Å². The van der Waals surface area contributed by atoms with Gasteiger partial charge in [0.2, 0.25) is 0 Å². The van der Waals surface area contributed by atoms with Crippen molar-refractivity contribution in [3.8, 4) is 5.75 Å². The molecule has 134 valence electrons. The molecule has 1 N–H and O–H groups in total. The van der Waals surface area contributed by atoms with Crippen molar-refractivity contribution >= 4 is 11.6 Å². The molecule has 1 saturated heterocycles. The minimum absolute atomic E-state index is 0.238. The van der Waals surface area contributed by atoms with Gasteiger partial charge in [-0.05, 0) is 68.9 Å². The first-order chi connectivity index (χ1) is 12.1. The molecule has 0 aromatic heterocycles. The zero-order valence-electron chi connectivity index (χ0n) is 14.5. The van der Waals surface area contributed by atoms with E-state index in [9.17, 15) is 4.39 Å². The highest BCUT2D eigenvalue weighted by molar-refractivity contribution is 6.30. The van der Waals surface area contributed by atoms with Crippen molar-refractivity contribution in [3.63, 3.8) is 0 Å². The Bertz CT molecular complexity index is 685. The monoisotopic (exact) mass is 362 g/mol. The lowest BCUT2D eigenvalue weighted by Crippen LogP contribution is -2.40. The van der Waals surface area contributed by atoms with E-state index in [-0.39, 0.29) is 5.82 Å². The SMILES string of the molecule is CN1CCC(NCc2cc(Cl)ccc2OCc2ccc(F)cc2)CC1. The lowest BCUT2D eigenvalue weighted by Gasteiger charge is -2.29. The summed E-state index contributed by atoms with van der Waals surface area (Å²) in [6, 6.07) is 12.6. The van der Waals surface area contributed by atoms with E-state index in [2.05, 4.69) is 17.3 Å². The molecule has 25 heavy (non-hydrogen) atoms. The quantitative estimate of drug-likeness (QED) is 0.831. The van der Waals surface area contributed by atoms with Gasteiger partial charge in [-0.25, -0.2) is 4.39 Å². The molecule has 0 spiro atoms. The number of hydrogen-bond donors (Lipinski definition) is 1. The highest BCUT2D eigenvalue weighted by atomic mass is 35.5. The fraction of sp³-hybridized carbons (Fsp3) is 0.400. The second-order valence-corrected chi connectivity index (χ2v) is 7.06. The van der Waals surface area contributed by atoms with Gasteiger partial charge >= 0.3 is 0 Å². The van der Waals surface area contributed by atoms with Crippen LogP contribution in [0.4, 0.5) is 4.39 Å². The first-order valence-corrected chi connectivity index (χ1v) is 9.05. The lowest BCUT2D eigenvalue weighted by molar-refractivity contribution is 0.233. The summed E-state index contributed by atoms with van der Waals surface area (Å²) in [4.78, 5) is 2.36. The summed E-state index contributed by atoms with van der Waals surface area (Å²) in [5, 5.41) is 4.32. The molecule has 0 amide bonds. The number of ether oxygens (including phenoxy) is 1. The number of nitrogens with zero attached hydrogens (tertiary/aromatic N) is 1. The molecule has 1 heterocycles. The standard InChI is InChI=1S/C20H24ClFN2O/c1-24-10-8-19(9-11-24)23-13-16-12-17(21)4-7-20(16)25-14-15-2-5-18(22)6-3-15/h2-7,12,19,23H,8-11,13-14H2,1H3. The molecule has 1 aliphatic heterocycles. The Kier molecular flexibility index (Phi) is 6.29. The third kappa shape index (κ3) is 5.43. The van der Waals surface area contributed by atoms with Crippen LogP contribution >= 0.6 is 11.6 Å². The van der Waals surface area contributed by atoms with Gasteiger partial charge in [-0.15, -0.1) is 0 Å². The van der Waals surface area contributed by atoms with Crippen LogP contribution in [-0.2, 0) is 13.2 Å². The van der Waals surface area contributed by atoms with Crippen LogP contribution in [0.15, 0.2) is 42.5 Å². The van der Waals surface area contributed by atoms with Gasteiger partial charge in [0, 0.05) is 23.2 Å². The predicted octanol–water partition coefficient (Wildman–Crippen LogP) is 4.24. The van der Waals surface area contributed by atoms with Crippen LogP contribution in [0, 0.1) is 5.82 Å². The Morgan fingerprint density at radius 3 is 2.60 bits per heavy atom. The molecule has 3 rings (SSSR count). The second-order valence-electron chi connectivity index (χ2n) is 6.63. The van der Waals surface area contributed by atoms with Gasteiger partial charge in [0.1, 0.15) is 18.2 Å². The van der Waals surface area contributed by atoms with Crippen LogP contribution in [0.25, 0.3) is 0 Å². The highest BCUT2D eigenvalue weighted by Crippen LogP contribution is 2.24. The maximum atomic E-state index is 13.0. The number of benzene rings is 2. The summed E-state index contributed by atoms with van der Waals surface area (Å²) in [7, 11) is 2.16. The van der Waals surface area contributed by atoms with Crippen LogP contribution < -0.4 is 10.1 Å². The number of rotatable bonds is 6. The smallest absolute Gasteiger partial charge is 0.124 e. The average Bonchev–Trinajstić information content (AvgIpc) is 2.62. The summed E-state index contributed by atoms with van der Waals surface area (Å²) >= 11 is 6.16. The average molecular weight is 363 g/mol. The zero-order chi connectivity index (χ0) is 17.6. The Balaban J connectivity index is 1.60. The molecule has 5 heteroatoms. The van der Waals surface area contributed by atoms with E-state index in [1.807, 2.05) is 18.2 Å². The molecular formula is C20H24ClFN2O. The number of likely N-dealkylation sites (tertiary alicyclic amines) is 1. The van der Waals surface area contributed by atoms with Crippen molar-refractivity contribution < 1.29 is 9.13 Å². The summed E-state index contributed by atoms with van der Waals surface area (Å²) < 4.78 is 18.9. The van der Waals surface area contributed by atoms with E-state index in [1.54, 1.807) is 12.1 Å².